The van der Waals surface area contributed by atoms with Crippen LogP contribution in [0.1, 0.15) is 0 Å². The zero-order valence-corrected chi connectivity index (χ0v) is 19.1. The van der Waals surface area contributed by atoms with Gasteiger partial charge >= 0.3 is 0 Å². The molecule has 0 unspecified atom stereocenters. The lowest BCUT2D eigenvalue weighted by molar-refractivity contribution is 1.21. The number of hydrogen-bond acceptors (Lipinski definition) is 6. The van der Waals surface area contributed by atoms with Crippen LogP contribution in [0.5, 0.6) is 0 Å². The summed E-state index contributed by atoms with van der Waals surface area (Å²) in [5.74, 6) is 2.09. The van der Waals surface area contributed by atoms with E-state index in [-0.39, 0.29) is 24.8 Å². The van der Waals surface area contributed by atoms with Gasteiger partial charge in [-0.3, -0.25) is 0 Å². The molecule has 0 aliphatic heterocycles. The first kappa shape index (κ1) is 23.8. The minimum Gasteiger partial charge on any atom is -0.340 e. The first-order valence-corrected chi connectivity index (χ1v) is 9.97. The molecule has 0 fully saturated rings. The third-order valence-electron chi connectivity index (χ3n) is 4.72. The molecule has 2 aromatic heterocycles. The molecule has 0 radical (unpaired) electrons. The second kappa shape index (κ2) is 11.1. The molecule has 2 heterocycles. The molecule has 0 aliphatic carbocycles. The van der Waals surface area contributed by atoms with Gasteiger partial charge in [-0.15, -0.1) is 24.8 Å². The molecule has 166 valence electrons. The highest BCUT2D eigenvalue weighted by molar-refractivity contribution is 5.92. The zero-order valence-electron chi connectivity index (χ0n) is 17.5. The number of rotatable bonds is 6. The summed E-state index contributed by atoms with van der Waals surface area (Å²) in [5.41, 5.74) is 3.69. The molecule has 3 aromatic carbocycles. The molecule has 5 aromatic rings. The summed E-state index contributed by atoms with van der Waals surface area (Å²) >= 11 is 0. The Hall–Kier alpha value is -3.87. The Labute approximate surface area is 204 Å². The van der Waals surface area contributed by atoms with Crippen molar-refractivity contribution in [2.45, 2.75) is 0 Å². The van der Waals surface area contributed by atoms with Crippen LogP contribution < -0.4 is 16.0 Å². The lowest BCUT2D eigenvalue weighted by Crippen LogP contribution is -2.02. The zero-order chi connectivity index (χ0) is 20.9. The van der Waals surface area contributed by atoms with Gasteiger partial charge in [0.05, 0.1) is 5.52 Å². The van der Waals surface area contributed by atoms with E-state index in [2.05, 4.69) is 25.9 Å². The molecule has 6 nitrogen and oxygen atoms in total. The number of nitrogens with one attached hydrogen (secondary N) is 3. The van der Waals surface area contributed by atoms with Crippen LogP contribution in [0.25, 0.3) is 10.9 Å². The third-order valence-corrected chi connectivity index (χ3v) is 4.72. The molecule has 0 spiro atoms. The predicted octanol–water partition coefficient (Wildman–Crippen LogP) is 7.10. The van der Waals surface area contributed by atoms with Crippen molar-refractivity contribution in [3.05, 3.63) is 103 Å². The summed E-state index contributed by atoms with van der Waals surface area (Å²) < 4.78 is 0. The van der Waals surface area contributed by atoms with Crippen molar-refractivity contribution in [1.29, 1.82) is 0 Å². The van der Waals surface area contributed by atoms with Crippen molar-refractivity contribution in [2.75, 3.05) is 16.0 Å². The maximum atomic E-state index is 4.72. The quantitative estimate of drug-likeness (QED) is 0.242. The minimum atomic E-state index is 0. The lowest BCUT2D eigenvalue weighted by Gasteiger charge is -2.12. The predicted molar refractivity (Wildman–Crippen MR) is 141 cm³/mol. The van der Waals surface area contributed by atoms with Crippen LogP contribution in [-0.4, -0.2) is 15.0 Å². The highest BCUT2D eigenvalue weighted by Crippen LogP contribution is 2.27. The number of aromatic nitrogens is 3. The molecular formula is C25H22Cl2N6. The van der Waals surface area contributed by atoms with Gasteiger partial charge in [0.15, 0.2) is 0 Å². The van der Waals surface area contributed by atoms with Crippen LogP contribution in [0.4, 0.5) is 34.6 Å². The largest absolute Gasteiger partial charge is 0.340 e. The number of benzene rings is 3. The van der Waals surface area contributed by atoms with Crippen molar-refractivity contribution in [1.82, 2.24) is 15.0 Å². The Morgan fingerprint density at radius 1 is 0.515 bits per heavy atom. The molecule has 0 aliphatic rings. The number of halogens is 2. The summed E-state index contributed by atoms with van der Waals surface area (Å²) in [4.78, 5) is 13.7. The Morgan fingerprint density at radius 3 is 1.88 bits per heavy atom. The molecule has 0 saturated heterocycles. The maximum absolute atomic E-state index is 4.72. The van der Waals surface area contributed by atoms with Gasteiger partial charge in [-0.2, -0.15) is 4.98 Å². The first-order valence-electron chi connectivity index (χ1n) is 9.97. The first-order chi connectivity index (χ1) is 15.3. The van der Waals surface area contributed by atoms with Crippen LogP contribution in [0, 0.1) is 0 Å². The average Bonchev–Trinajstić information content (AvgIpc) is 2.82. The van der Waals surface area contributed by atoms with Gasteiger partial charge in [-0.1, -0.05) is 36.4 Å². The van der Waals surface area contributed by atoms with E-state index in [1.165, 1.54) is 0 Å². The van der Waals surface area contributed by atoms with Gasteiger partial charge in [-0.05, 0) is 60.7 Å². The summed E-state index contributed by atoms with van der Waals surface area (Å²) in [5, 5.41) is 10.9. The number of para-hydroxylation sites is 2. The molecule has 5 rings (SSSR count). The van der Waals surface area contributed by atoms with Gasteiger partial charge in [0.25, 0.3) is 0 Å². The second-order valence-electron chi connectivity index (χ2n) is 6.95. The van der Waals surface area contributed by atoms with E-state index in [0.717, 1.165) is 39.6 Å². The second-order valence-corrected chi connectivity index (χ2v) is 6.95. The van der Waals surface area contributed by atoms with Crippen LogP contribution >= 0.6 is 24.8 Å². The van der Waals surface area contributed by atoms with E-state index in [9.17, 15) is 0 Å². The van der Waals surface area contributed by atoms with E-state index < -0.39 is 0 Å². The Balaban J connectivity index is 0.00000153. The van der Waals surface area contributed by atoms with Crippen LogP contribution in [0.15, 0.2) is 103 Å². The van der Waals surface area contributed by atoms with Gasteiger partial charge in [0.2, 0.25) is 5.95 Å². The fraction of sp³-hybridized carbons (Fsp3) is 0. The lowest BCUT2D eigenvalue weighted by atomic mass is 10.2. The maximum Gasteiger partial charge on any atom is 0.229 e. The number of anilines is 6. The van der Waals surface area contributed by atoms with Crippen LogP contribution in [-0.2, 0) is 0 Å². The SMILES string of the molecule is Cl.Cl.c1ccc(Nc2nc(Nc3ccc(Nc4ccccn4)cc3)nc3ccccc23)cc1. The normalized spacial score (nSPS) is 9.94. The summed E-state index contributed by atoms with van der Waals surface area (Å²) in [6.45, 7) is 0. The van der Waals surface area contributed by atoms with Crippen molar-refractivity contribution >= 4 is 70.4 Å². The van der Waals surface area contributed by atoms with Crippen molar-refractivity contribution in [3.63, 3.8) is 0 Å². The fourth-order valence-electron chi connectivity index (χ4n) is 3.24. The van der Waals surface area contributed by atoms with Gasteiger partial charge < -0.3 is 16.0 Å². The number of hydrogen-bond donors (Lipinski definition) is 3. The summed E-state index contributed by atoms with van der Waals surface area (Å²) in [6.07, 6.45) is 1.76. The molecule has 0 bridgehead atoms. The van der Waals surface area contributed by atoms with Crippen molar-refractivity contribution in [3.8, 4) is 0 Å². The van der Waals surface area contributed by atoms with Crippen molar-refractivity contribution in [2.24, 2.45) is 0 Å². The monoisotopic (exact) mass is 476 g/mol. The molecule has 0 atom stereocenters. The van der Waals surface area contributed by atoms with Crippen molar-refractivity contribution < 1.29 is 0 Å². The van der Waals surface area contributed by atoms with Gasteiger partial charge in [-0.25, -0.2) is 9.97 Å². The van der Waals surface area contributed by atoms with Gasteiger partial charge in [0.1, 0.15) is 11.6 Å². The standard InChI is InChI=1S/C25H20N6.2ClH/c1-2-8-18(9-3-1)28-24-21-10-4-5-11-22(21)30-25(31-24)29-20-15-13-19(14-16-20)27-23-12-6-7-17-26-23;;/h1-17H,(H,26,27)(H2,28,29,30,31);2*1H. The minimum absolute atomic E-state index is 0. The Morgan fingerprint density at radius 2 is 1.15 bits per heavy atom. The highest BCUT2D eigenvalue weighted by Gasteiger charge is 2.08. The average molecular weight is 477 g/mol. The molecule has 3 N–H and O–H groups in total. The van der Waals surface area contributed by atoms with E-state index in [0.29, 0.717) is 5.95 Å². The molecule has 0 saturated carbocycles. The van der Waals surface area contributed by atoms with E-state index in [4.69, 9.17) is 4.98 Å². The van der Waals surface area contributed by atoms with Gasteiger partial charge in [0, 0.05) is 28.6 Å². The smallest absolute Gasteiger partial charge is 0.229 e. The Kier molecular flexibility index (Phi) is 8.02. The highest BCUT2D eigenvalue weighted by atomic mass is 35.5. The topological polar surface area (TPSA) is 74.8 Å². The Bertz CT molecular complexity index is 1300. The number of nitrogens with zero attached hydrogens (tertiary/aromatic N) is 3. The summed E-state index contributed by atoms with van der Waals surface area (Å²) in [6, 6.07) is 31.7. The summed E-state index contributed by atoms with van der Waals surface area (Å²) in [7, 11) is 0. The van der Waals surface area contributed by atoms with Crippen LogP contribution in [0.2, 0.25) is 0 Å². The number of fused-ring (bicyclic) bond motifs is 1. The van der Waals surface area contributed by atoms with Crippen LogP contribution in [0.3, 0.4) is 0 Å². The third kappa shape index (κ3) is 5.88. The molecule has 8 heteroatoms. The van der Waals surface area contributed by atoms with E-state index in [1.807, 2.05) is 97.1 Å². The fourth-order valence-corrected chi connectivity index (χ4v) is 3.24. The molecule has 33 heavy (non-hydrogen) atoms. The van der Waals surface area contributed by atoms with E-state index >= 15 is 0 Å². The van der Waals surface area contributed by atoms with E-state index in [1.54, 1.807) is 6.20 Å². The number of pyridine rings is 1. The molecular weight excluding hydrogens is 455 g/mol. The molecule has 0 amide bonds.